The summed E-state index contributed by atoms with van der Waals surface area (Å²) in [6.07, 6.45) is 6.34. The molecule has 1 N–H and O–H groups in total. The van der Waals surface area contributed by atoms with E-state index in [0.29, 0.717) is 0 Å². The molecule has 0 bridgehead atoms. The first-order valence-electron chi connectivity index (χ1n) is 3.63. The molecule has 0 aromatic rings. The van der Waals surface area contributed by atoms with Gasteiger partial charge in [-0.25, -0.2) is 0 Å². The van der Waals surface area contributed by atoms with E-state index in [-0.39, 0.29) is 6.10 Å². The number of aliphatic hydroxyl groups is 1. The van der Waals surface area contributed by atoms with Gasteiger partial charge >= 0.3 is 0 Å². The minimum atomic E-state index is -0.0660. The van der Waals surface area contributed by atoms with Gasteiger partial charge in [-0.1, -0.05) is 11.6 Å². The fourth-order valence-electron chi connectivity index (χ4n) is 1.26. The topological polar surface area (TPSA) is 20.2 Å². The van der Waals surface area contributed by atoms with Crippen molar-refractivity contribution in [3.63, 3.8) is 0 Å². The summed E-state index contributed by atoms with van der Waals surface area (Å²) in [7, 11) is 0. The van der Waals surface area contributed by atoms with Crippen LogP contribution in [-0.4, -0.2) is 11.2 Å². The Labute approximate surface area is 56.4 Å². The van der Waals surface area contributed by atoms with Crippen LogP contribution in [0.5, 0.6) is 0 Å². The van der Waals surface area contributed by atoms with Gasteiger partial charge in [0.2, 0.25) is 0 Å². The molecule has 1 rings (SSSR count). The molecule has 0 aromatic heterocycles. The molecular weight excluding hydrogens is 112 g/mol. The Morgan fingerprint density at radius 2 is 2.44 bits per heavy atom. The van der Waals surface area contributed by atoms with Crippen LogP contribution in [0.1, 0.15) is 32.6 Å². The normalized spacial score (nSPS) is 29.1. The van der Waals surface area contributed by atoms with Gasteiger partial charge < -0.3 is 5.11 Å². The number of hydrogen-bond donors (Lipinski definition) is 1. The second-order valence-electron chi connectivity index (χ2n) is 2.84. The van der Waals surface area contributed by atoms with E-state index in [1.807, 2.05) is 0 Å². The third-order valence-electron chi connectivity index (χ3n) is 1.79. The molecule has 0 aromatic carbocycles. The van der Waals surface area contributed by atoms with Gasteiger partial charge in [0.25, 0.3) is 0 Å². The molecular formula is C8H14O. The zero-order chi connectivity index (χ0) is 6.69. The van der Waals surface area contributed by atoms with Crippen molar-refractivity contribution in [3.05, 3.63) is 11.6 Å². The summed E-state index contributed by atoms with van der Waals surface area (Å²) in [5.41, 5.74) is 1.35. The minimum Gasteiger partial charge on any atom is -0.393 e. The lowest BCUT2D eigenvalue weighted by Gasteiger charge is -2.04. The molecule has 1 atom stereocenters. The average molecular weight is 126 g/mol. The Morgan fingerprint density at radius 3 is 3.22 bits per heavy atom. The third kappa shape index (κ3) is 2.19. The molecule has 0 radical (unpaired) electrons. The van der Waals surface area contributed by atoms with Crippen LogP contribution in [0.3, 0.4) is 0 Å². The summed E-state index contributed by atoms with van der Waals surface area (Å²) in [6, 6.07) is 0. The van der Waals surface area contributed by atoms with Gasteiger partial charge in [0.15, 0.2) is 0 Å². The van der Waals surface area contributed by atoms with Crippen LogP contribution in [0, 0.1) is 0 Å². The summed E-state index contributed by atoms with van der Waals surface area (Å²) in [6.45, 7) is 2.09. The highest BCUT2D eigenvalue weighted by Gasteiger charge is 2.06. The Morgan fingerprint density at radius 1 is 1.67 bits per heavy atom. The van der Waals surface area contributed by atoms with E-state index < -0.39 is 0 Å². The smallest absolute Gasteiger partial charge is 0.0577 e. The van der Waals surface area contributed by atoms with Crippen LogP contribution < -0.4 is 0 Å². The highest BCUT2D eigenvalue weighted by Crippen LogP contribution is 2.16. The summed E-state index contributed by atoms with van der Waals surface area (Å²) in [4.78, 5) is 0. The van der Waals surface area contributed by atoms with Crippen molar-refractivity contribution in [2.24, 2.45) is 0 Å². The van der Waals surface area contributed by atoms with E-state index in [2.05, 4.69) is 13.0 Å². The molecule has 1 nitrogen and oxygen atoms in total. The standard InChI is InChI=1S/C8H14O/c1-7-4-2-3-5-8(9)6-7/h4,8-9H,2-3,5-6H2,1H3. The van der Waals surface area contributed by atoms with Crippen LogP contribution in [0.2, 0.25) is 0 Å². The van der Waals surface area contributed by atoms with Gasteiger partial charge in [-0.05, 0) is 32.6 Å². The Kier molecular flexibility index (Phi) is 2.29. The maximum absolute atomic E-state index is 9.22. The maximum Gasteiger partial charge on any atom is 0.0577 e. The van der Waals surface area contributed by atoms with Crippen LogP contribution in [0.15, 0.2) is 11.6 Å². The number of aliphatic hydroxyl groups excluding tert-OH is 1. The Hall–Kier alpha value is -0.300. The lowest BCUT2D eigenvalue weighted by molar-refractivity contribution is 0.165. The Bertz CT molecular complexity index is 116. The molecule has 0 amide bonds. The van der Waals surface area contributed by atoms with Crippen molar-refractivity contribution < 1.29 is 5.11 Å². The molecule has 0 fully saturated rings. The van der Waals surface area contributed by atoms with Crippen molar-refractivity contribution in [1.29, 1.82) is 0 Å². The molecule has 0 aliphatic heterocycles. The van der Waals surface area contributed by atoms with E-state index in [1.54, 1.807) is 0 Å². The maximum atomic E-state index is 9.22. The zero-order valence-corrected chi connectivity index (χ0v) is 5.93. The SMILES string of the molecule is CC1=CCCCC(O)C1. The van der Waals surface area contributed by atoms with Crippen molar-refractivity contribution in [2.45, 2.75) is 38.7 Å². The molecule has 1 unspecified atom stereocenters. The van der Waals surface area contributed by atoms with Crippen LogP contribution >= 0.6 is 0 Å². The highest BCUT2D eigenvalue weighted by atomic mass is 16.3. The van der Waals surface area contributed by atoms with Crippen LogP contribution in [0.4, 0.5) is 0 Å². The van der Waals surface area contributed by atoms with E-state index in [4.69, 9.17) is 0 Å². The predicted molar refractivity (Wildman–Crippen MR) is 38.2 cm³/mol. The van der Waals surface area contributed by atoms with Crippen LogP contribution in [0.25, 0.3) is 0 Å². The third-order valence-corrected chi connectivity index (χ3v) is 1.79. The summed E-state index contributed by atoms with van der Waals surface area (Å²) in [5.74, 6) is 0. The molecule has 1 heteroatoms. The number of hydrogen-bond acceptors (Lipinski definition) is 1. The monoisotopic (exact) mass is 126 g/mol. The van der Waals surface area contributed by atoms with E-state index in [0.717, 1.165) is 25.7 Å². The summed E-state index contributed by atoms with van der Waals surface area (Å²) >= 11 is 0. The molecule has 0 saturated carbocycles. The van der Waals surface area contributed by atoms with Gasteiger partial charge in [0, 0.05) is 0 Å². The van der Waals surface area contributed by atoms with Gasteiger partial charge in [-0.2, -0.15) is 0 Å². The fraction of sp³-hybridized carbons (Fsp3) is 0.750. The largest absolute Gasteiger partial charge is 0.393 e. The van der Waals surface area contributed by atoms with Gasteiger partial charge in [0.05, 0.1) is 6.10 Å². The summed E-state index contributed by atoms with van der Waals surface area (Å²) in [5, 5.41) is 9.22. The molecule has 1 aliphatic rings. The molecule has 0 heterocycles. The molecule has 52 valence electrons. The minimum absolute atomic E-state index is 0.0660. The average Bonchev–Trinajstić information content (AvgIpc) is 1.93. The lowest BCUT2D eigenvalue weighted by atomic mass is 10.1. The first-order valence-corrected chi connectivity index (χ1v) is 3.63. The van der Waals surface area contributed by atoms with Crippen molar-refractivity contribution >= 4 is 0 Å². The predicted octanol–water partition coefficient (Wildman–Crippen LogP) is 1.87. The molecule has 9 heavy (non-hydrogen) atoms. The first kappa shape index (κ1) is 6.81. The van der Waals surface area contributed by atoms with E-state index >= 15 is 0 Å². The molecule has 1 aliphatic carbocycles. The van der Waals surface area contributed by atoms with Crippen LogP contribution in [-0.2, 0) is 0 Å². The van der Waals surface area contributed by atoms with Crippen molar-refractivity contribution in [3.8, 4) is 0 Å². The number of rotatable bonds is 0. The molecule has 0 spiro atoms. The van der Waals surface area contributed by atoms with Gasteiger partial charge in [-0.15, -0.1) is 0 Å². The fourth-order valence-corrected chi connectivity index (χ4v) is 1.26. The van der Waals surface area contributed by atoms with E-state index in [1.165, 1.54) is 5.57 Å². The van der Waals surface area contributed by atoms with Crippen molar-refractivity contribution in [2.75, 3.05) is 0 Å². The lowest BCUT2D eigenvalue weighted by Crippen LogP contribution is -2.03. The number of allylic oxidation sites excluding steroid dienone is 1. The van der Waals surface area contributed by atoms with Gasteiger partial charge in [-0.3, -0.25) is 0 Å². The highest BCUT2D eigenvalue weighted by molar-refractivity contribution is 5.01. The first-order chi connectivity index (χ1) is 4.29. The zero-order valence-electron chi connectivity index (χ0n) is 5.93. The second kappa shape index (κ2) is 3.02. The summed E-state index contributed by atoms with van der Waals surface area (Å²) < 4.78 is 0. The van der Waals surface area contributed by atoms with E-state index in [9.17, 15) is 5.11 Å². The Balaban J connectivity index is 2.44. The quantitative estimate of drug-likeness (QED) is 0.491. The second-order valence-corrected chi connectivity index (χ2v) is 2.84. The van der Waals surface area contributed by atoms with Gasteiger partial charge in [0.1, 0.15) is 0 Å². The van der Waals surface area contributed by atoms with Crippen molar-refractivity contribution in [1.82, 2.24) is 0 Å². The molecule has 0 saturated heterocycles.